The molecular weight excluding hydrogens is 528 g/mol. The van der Waals surface area contributed by atoms with Crippen LogP contribution in [0.15, 0.2) is 60.8 Å². The van der Waals surface area contributed by atoms with Crippen LogP contribution < -0.4 is 20.1 Å². The molecule has 0 radical (unpaired) electrons. The van der Waals surface area contributed by atoms with Crippen LogP contribution in [-0.2, 0) is 16.6 Å². The number of hydrogen-bond acceptors (Lipinski definition) is 7. The Kier molecular flexibility index (Phi) is 8.99. The molecule has 210 valence electrons. The molecule has 0 bridgehead atoms. The number of nitriles is 1. The maximum absolute atomic E-state index is 12.8. The largest absolute Gasteiger partial charge is 0.490 e. The first-order valence-electron chi connectivity index (χ1n) is 13.4. The summed E-state index contributed by atoms with van der Waals surface area (Å²) < 4.78 is 11.9. The van der Waals surface area contributed by atoms with E-state index < -0.39 is 11.5 Å². The van der Waals surface area contributed by atoms with Gasteiger partial charge in [0.2, 0.25) is 11.8 Å². The van der Waals surface area contributed by atoms with Gasteiger partial charge in [-0.05, 0) is 75.1 Å². The molecule has 0 unspecified atom stereocenters. The average molecular weight is 563 g/mol. The Balaban J connectivity index is 0.00000370. The third kappa shape index (κ3) is 6.23. The molecule has 2 aliphatic rings. The first-order valence-corrected chi connectivity index (χ1v) is 13.4. The van der Waals surface area contributed by atoms with Gasteiger partial charge >= 0.3 is 0 Å². The zero-order chi connectivity index (χ0) is 27.5. The maximum atomic E-state index is 12.8. The van der Waals surface area contributed by atoms with E-state index in [2.05, 4.69) is 35.5 Å². The van der Waals surface area contributed by atoms with Crippen LogP contribution >= 0.6 is 12.4 Å². The molecule has 2 aromatic carbocycles. The van der Waals surface area contributed by atoms with Crippen molar-refractivity contribution in [1.29, 1.82) is 5.26 Å². The molecule has 5 rings (SSSR count). The normalized spacial score (nSPS) is 16.0. The number of amides is 1. The molecule has 1 spiro atoms. The van der Waals surface area contributed by atoms with Crippen molar-refractivity contribution in [1.82, 2.24) is 10.3 Å². The summed E-state index contributed by atoms with van der Waals surface area (Å²) in [4.78, 5) is 16.9. The number of carbonyl (C=O) groups is 1. The van der Waals surface area contributed by atoms with Gasteiger partial charge in [0.1, 0.15) is 35.8 Å². The van der Waals surface area contributed by atoms with Crippen molar-refractivity contribution in [3.8, 4) is 23.4 Å². The SMILES string of the molecule is CC(C)(Cc1ccc(Oc2ncccc2C#N)cc1)NC[C@H](O)COc1cccc2c1C1(CCCC1)C(=O)N2.Cl. The number of nitrogens with one attached hydrogen (secondary N) is 2. The molecule has 1 fully saturated rings. The summed E-state index contributed by atoms with van der Waals surface area (Å²) in [5.74, 6) is 1.64. The minimum Gasteiger partial charge on any atom is -0.490 e. The highest BCUT2D eigenvalue weighted by Crippen LogP contribution is 2.52. The van der Waals surface area contributed by atoms with Crippen molar-refractivity contribution in [2.24, 2.45) is 0 Å². The number of benzene rings is 2. The van der Waals surface area contributed by atoms with Crippen molar-refractivity contribution in [2.75, 3.05) is 18.5 Å². The lowest BCUT2D eigenvalue weighted by atomic mass is 9.79. The highest BCUT2D eigenvalue weighted by Gasteiger charge is 2.50. The monoisotopic (exact) mass is 562 g/mol. The molecule has 8 nitrogen and oxygen atoms in total. The van der Waals surface area contributed by atoms with Gasteiger partial charge in [-0.1, -0.05) is 31.0 Å². The van der Waals surface area contributed by atoms with E-state index in [4.69, 9.17) is 9.47 Å². The molecule has 1 saturated carbocycles. The Hall–Kier alpha value is -3.64. The van der Waals surface area contributed by atoms with E-state index >= 15 is 0 Å². The van der Waals surface area contributed by atoms with Gasteiger partial charge in [0.05, 0.1) is 5.41 Å². The molecular formula is C31H35ClN4O4. The Morgan fingerprint density at radius 1 is 1.15 bits per heavy atom. The number of hydrogen-bond donors (Lipinski definition) is 3. The van der Waals surface area contributed by atoms with Crippen LogP contribution in [0.4, 0.5) is 5.69 Å². The van der Waals surface area contributed by atoms with E-state index in [0.29, 0.717) is 23.6 Å². The summed E-state index contributed by atoms with van der Waals surface area (Å²) >= 11 is 0. The van der Waals surface area contributed by atoms with Gasteiger partial charge in [-0.3, -0.25) is 4.79 Å². The Morgan fingerprint density at radius 3 is 2.62 bits per heavy atom. The molecule has 2 heterocycles. The highest BCUT2D eigenvalue weighted by molar-refractivity contribution is 6.07. The van der Waals surface area contributed by atoms with Crippen molar-refractivity contribution in [3.05, 3.63) is 77.5 Å². The third-order valence-corrected chi connectivity index (χ3v) is 7.57. The van der Waals surface area contributed by atoms with Gasteiger partial charge < -0.3 is 25.2 Å². The molecule has 1 amide bonds. The fourth-order valence-electron chi connectivity index (χ4n) is 5.62. The van der Waals surface area contributed by atoms with Crippen LogP contribution in [0.25, 0.3) is 0 Å². The van der Waals surface area contributed by atoms with Gasteiger partial charge in [-0.2, -0.15) is 5.26 Å². The smallest absolute Gasteiger partial charge is 0.237 e. The Bertz CT molecular complexity index is 1380. The minimum atomic E-state index is -0.715. The fraction of sp³-hybridized carbons (Fsp3) is 0.387. The summed E-state index contributed by atoms with van der Waals surface area (Å²) in [6.45, 7) is 4.67. The molecule has 9 heteroatoms. The number of halogens is 1. The van der Waals surface area contributed by atoms with E-state index in [0.717, 1.165) is 48.9 Å². The van der Waals surface area contributed by atoms with Gasteiger partial charge in [0.25, 0.3) is 0 Å². The second kappa shape index (κ2) is 12.3. The van der Waals surface area contributed by atoms with E-state index in [1.807, 2.05) is 42.5 Å². The van der Waals surface area contributed by atoms with Gasteiger partial charge in [0, 0.05) is 29.5 Å². The van der Waals surface area contributed by atoms with Crippen molar-refractivity contribution in [2.45, 2.75) is 63.0 Å². The fourth-order valence-corrected chi connectivity index (χ4v) is 5.62. The molecule has 1 aliphatic carbocycles. The lowest BCUT2D eigenvalue weighted by molar-refractivity contribution is -0.120. The van der Waals surface area contributed by atoms with Crippen LogP contribution in [-0.4, -0.2) is 40.8 Å². The second-order valence-corrected chi connectivity index (χ2v) is 11.0. The number of aromatic nitrogens is 1. The van der Waals surface area contributed by atoms with Crippen LogP contribution in [0.2, 0.25) is 0 Å². The first kappa shape index (κ1) is 29.3. The number of ether oxygens (including phenoxy) is 2. The number of rotatable bonds is 10. The molecule has 3 N–H and O–H groups in total. The van der Waals surface area contributed by atoms with Gasteiger partial charge in [-0.25, -0.2) is 4.98 Å². The number of anilines is 1. The molecule has 40 heavy (non-hydrogen) atoms. The van der Waals surface area contributed by atoms with Crippen molar-refractivity contribution >= 4 is 24.0 Å². The molecule has 0 saturated heterocycles. The van der Waals surface area contributed by atoms with Crippen LogP contribution in [0.5, 0.6) is 17.4 Å². The molecule has 1 atom stereocenters. The summed E-state index contributed by atoms with van der Waals surface area (Å²) in [6, 6.07) is 18.8. The zero-order valence-electron chi connectivity index (χ0n) is 22.8. The second-order valence-electron chi connectivity index (χ2n) is 11.0. The number of aliphatic hydroxyl groups excluding tert-OH is 1. The van der Waals surface area contributed by atoms with E-state index in [1.165, 1.54) is 0 Å². The van der Waals surface area contributed by atoms with Crippen molar-refractivity contribution in [3.63, 3.8) is 0 Å². The number of nitrogens with zero attached hydrogens (tertiary/aromatic N) is 2. The Morgan fingerprint density at radius 2 is 1.90 bits per heavy atom. The summed E-state index contributed by atoms with van der Waals surface area (Å²) in [5.41, 5.74) is 2.49. The maximum Gasteiger partial charge on any atom is 0.237 e. The predicted octanol–water partition coefficient (Wildman–Crippen LogP) is 5.28. The average Bonchev–Trinajstić information content (AvgIpc) is 3.53. The third-order valence-electron chi connectivity index (χ3n) is 7.57. The van der Waals surface area contributed by atoms with E-state index in [9.17, 15) is 15.2 Å². The predicted molar refractivity (Wildman–Crippen MR) is 155 cm³/mol. The Labute approximate surface area is 241 Å². The molecule has 3 aromatic rings. The quantitative estimate of drug-likeness (QED) is 0.308. The number of fused-ring (bicyclic) bond motifs is 2. The topological polar surface area (TPSA) is 116 Å². The number of pyridine rings is 1. The number of β-amino-alcohol motifs (C(OH)–C–C–N with tert-alkyl or cyclic N) is 1. The summed E-state index contributed by atoms with van der Waals surface area (Å²) in [7, 11) is 0. The lowest BCUT2D eigenvalue weighted by Crippen LogP contribution is -2.46. The highest BCUT2D eigenvalue weighted by atomic mass is 35.5. The van der Waals surface area contributed by atoms with Crippen LogP contribution in [0.1, 0.15) is 56.2 Å². The molecule has 1 aromatic heterocycles. The minimum absolute atomic E-state index is 0. The summed E-state index contributed by atoms with van der Waals surface area (Å²) in [6.07, 6.45) is 5.35. The summed E-state index contributed by atoms with van der Waals surface area (Å²) in [5, 5.41) is 26.4. The van der Waals surface area contributed by atoms with Crippen LogP contribution in [0.3, 0.4) is 0 Å². The standard InChI is InChI=1S/C31H34N4O4.ClH/c1-30(2,17-21-10-12-24(13-11-21)39-28-22(18-32)7-6-16-33-28)34-19-23(36)20-38-26-9-5-8-25-27(26)31(29(37)35-25)14-3-4-15-31;/h5-13,16,23,34,36H,3-4,14-15,17,19-20H2,1-2H3,(H,35,37);1H/t23-;/m0./s1. The molecule has 1 aliphatic heterocycles. The van der Waals surface area contributed by atoms with E-state index in [-0.39, 0.29) is 36.3 Å². The number of aliphatic hydroxyl groups is 1. The zero-order valence-corrected chi connectivity index (χ0v) is 23.6. The first-order chi connectivity index (χ1) is 18.8. The lowest BCUT2D eigenvalue weighted by Gasteiger charge is -2.28. The number of carbonyl (C=O) groups excluding carboxylic acids is 1. The van der Waals surface area contributed by atoms with E-state index in [1.54, 1.807) is 18.3 Å². The van der Waals surface area contributed by atoms with Gasteiger partial charge in [-0.15, -0.1) is 12.4 Å². The van der Waals surface area contributed by atoms with Gasteiger partial charge in [0.15, 0.2) is 0 Å². The van der Waals surface area contributed by atoms with Crippen molar-refractivity contribution < 1.29 is 19.4 Å². The van der Waals surface area contributed by atoms with Crippen LogP contribution in [0, 0.1) is 11.3 Å².